The fraction of sp³-hybridized carbons (Fsp3) is 0.417. The van der Waals surface area contributed by atoms with Crippen molar-refractivity contribution in [3.63, 3.8) is 0 Å². The van der Waals surface area contributed by atoms with Gasteiger partial charge in [-0.3, -0.25) is 19.2 Å². The Morgan fingerprint density at radius 2 is 1.69 bits per heavy atom. The first kappa shape index (κ1) is 22.3. The average Bonchev–Trinajstić information content (AvgIpc) is 3.02. The van der Waals surface area contributed by atoms with Crippen molar-refractivity contribution in [3.05, 3.63) is 53.1 Å². The van der Waals surface area contributed by atoms with Crippen LogP contribution in [0.2, 0.25) is 0 Å². The maximum atomic E-state index is 13.2. The topological polar surface area (TPSA) is 92.8 Å². The summed E-state index contributed by atoms with van der Waals surface area (Å²) in [6.07, 6.45) is 3.41. The second-order valence-corrected chi connectivity index (χ2v) is 10.2. The summed E-state index contributed by atoms with van der Waals surface area (Å²) in [5, 5.41) is 0. The second kappa shape index (κ2) is 8.58. The molecule has 2 amide bonds. The third kappa shape index (κ3) is 3.99. The van der Waals surface area contributed by atoms with Gasteiger partial charge in [0.15, 0.2) is 0 Å². The Balaban J connectivity index is 1.63. The van der Waals surface area contributed by atoms with E-state index in [1.807, 2.05) is 19.9 Å². The Hall–Kier alpha value is -2.87. The zero-order valence-corrected chi connectivity index (χ0v) is 19.4. The summed E-state index contributed by atoms with van der Waals surface area (Å²) in [5.74, 6) is -0.562. The van der Waals surface area contributed by atoms with Crippen molar-refractivity contribution in [2.24, 2.45) is 11.8 Å². The molecule has 32 heavy (non-hydrogen) atoms. The number of hydrogen-bond donors (Lipinski definition) is 1. The number of rotatable bonds is 6. The molecule has 2 aromatic carbocycles. The van der Waals surface area contributed by atoms with Crippen molar-refractivity contribution in [1.29, 1.82) is 0 Å². The van der Waals surface area contributed by atoms with E-state index in [1.165, 1.54) is 18.1 Å². The molecule has 2 aliphatic rings. The van der Waals surface area contributed by atoms with E-state index in [9.17, 15) is 18.0 Å². The van der Waals surface area contributed by atoms with Gasteiger partial charge in [-0.1, -0.05) is 31.0 Å². The average molecular weight is 457 g/mol. The standard InChI is InChI=1S/C24H28N2O5S/c1-15-7-6-10-20(16(15)2)25-32(29,30)22-13-17(11-12-21(22)31-3)14-26-23(27)18-8-4-5-9-19(18)24(26)28/h6-7,10-13,18-19,25H,4-5,8-9,14H2,1-3H3. The van der Waals surface area contributed by atoms with Gasteiger partial charge < -0.3 is 4.74 Å². The van der Waals surface area contributed by atoms with Crippen LogP contribution in [0.15, 0.2) is 41.3 Å². The normalized spacial score (nSPS) is 20.9. The largest absolute Gasteiger partial charge is 0.495 e. The maximum Gasteiger partial charge on any atom is 0.265 e. The van der Waals surface area contributed by atoms with Crippen LogP contribution >= 0.6 is 0 Å². The monoisotopic (exact) mass is 456 g/mol. The van der Waals surface area contributed by atoms with Crippen LogP contribution in [-0.4, -0.2) is 32.2 Å². The number of amides is 2. The fourth-order valence-corrected chi connectivity index (χ4v) is 6.00. The first-order valence-corrected chi connectivity index (χ1v) is 12.3. The van der Waals surface area contributed by atoms with Gasteiger partial charge >= 0.3 is 0 Å². The molecule has 1 heterocycles. The highest BCUT2D eigenvalue weighted by Crippen LogP contribution is 2.39. The highest BCUT2D eigenvalue weighted by atomic mass is 32.2. The van der Waals surface area contributed by atoms with Gasteiger partial charge in [-0.2, -0.15) is 0 Å². The number of nitrogens with one attached hydrogen (secondary N) is 1. The first-order chi connectivity index (χ1) is 15.2. The van der Waals surface area contributed by atoms with Crippen molar-refractivity contribution >= 4 is 27.5 Å². The molecule has 170 valence electrons. The minimum Gasteiger partial charge on any atom is -0.495 e. The summed E-state index contributed by atoms with van der Waals surface area (Å²) >= 11 is 0. The van der Waals surface area contributed by atoms with Crippen LogP contribution in [0.3, 0.4) is 0 Å². The zero-order valence-electron chi connectivity index (χ0n) is 18.6. The fourth-order valence-electron chi connectivity index (χ4n) is 4.66. The lowest BCUT2D eigenvalue weighted by molar-refractivity contribution is -0.140. The highest BCUT2D eigenvalue weighted by Gasteiger charge is 2.47. The lowest BCUT2D eigenvalue weighted by Gasteiger charge is -2.19. The number of aryl methyl sites for hydroxylation is 1. The molecule has 1 saturated carbocycles. The van der Waals surface area contributed by atoms with Crippen molar-refractivity contribution in [3.8, 4) is 5.75 Å². The molecule has 2 fully saturated rings. The van der Waals surface area contributed by atoms with Crippen molar-refractivity contribution in [2.45, 2.75) is 51.0 Å². The Bertz CT molecular complexity index is 1150. The molecule has 4 rings (SSSR count). The molecule has 2 atom stereocenters. The number of benzene rings is 2. The summed E-state index contributed by atoms with van der Waals surface area (Å²) < 4.78 is 34.4. The van der Waals surface area contributed by atoms with Gasteiger partial charge in [-0.05, 0) is 61.6 Å². The van der Waals surface area contributed by atoms with E-state index in [-0.39, 0.29) is 40.8 Å². The van der Waals surface area contributed by atoms with Crippen LogP contribution in [0.1, 0.15) is 42.4 Å². The van der Waals surface area contributed by atoms with E-state index in [2.05, 4.69) is 4.72 Å². The summed E-state index contributed by atoms with van der Waals surface area (Å²) in [5.41, 5.74) is 2.86. The highest BCUT2D eigenvalue weighted by molar-refractivity contribution is 7.92. The maximum absolute atomic E-state index is 13.2. The van der Waals surface area contributed by atoms with E-state index in [0.717, 1.165) is 36.8 Å². The van der Waals surface area contributed by atoms with E-state index >= 15 is 0 Å². The molecule has 2 aromatic rings. The number of imide groups is 1. The minimum absolute atomic E-state index is 0.0325. The summed E-state index contributed by atoms with van der Waals surface area (Å²) in [6.45, 7) is 3.82. The van der Waals surface area contributed by atoms with Crippen molar-refractivity contribution in [1.82, 2.24) is 4.90 Å². The number of ether oxygens (including phenoxy) is 1. The lowest BCUT2D eigenvalue weighted by atomic mass is 9.81. The SMILES string of the molecule is COc1ccc(CN2C(=O)C3CCCCC3C2=O)cc1S(=O)(=O)Nc1cccc(C)c1C. The van der Waals surface area contributed by atoms with Crippen molar-refractivity contribution < 1.29 is 22.7 Å². The van der Waals surface area contributed by atoms with Crippen molar-refractivity contribution in [2.75, 3.05) is 11.8 Å². The molecule has 0 spiro atoms. The predicted octanol–water partition coefficient (Wildman–Crippen LogP) is 3.79. The molecule has 0 aromatic heterocycles. The molecule has 0 bridgehead atoms. The Morgan fingerprint density at radius 3 is 2.31 bits per heavy atom. The van der Waals surface area contributed by atoms with Crippen LogP contribution in [0.4, 0.5) is 5.69 Å². The quantitative estimate of drug-likeness (QED) is 0.668. The van der Waals surface area contributed by atoms with Gasteiger partial charge in [0.2, 0.25) is 11.8 Å². The number of hydrogen-bond acceptors (Lipinski definition) is 5. The number of likely N-dealkylation sites (tertiary alicyclic amines) is 1. The summed E-state index contributed by atoms with van der Waals surface area (Å²) in [4.78, 5) is 26.9. The van der Waals surface area contributed by atoms with Gasteiger partial charge in [0.25, 0.3) is 10.0 Å². The second-order valence-electron chi connectivity index (χ2n) is 8.60. The molecular weight excluding hydrogens is 428 g/mol. The number of carbonyl (C=O) groups excluding carboxylic acids is 2. The first-order valence-electron chi connectivity index (χ1n) is 10.8. The summed E-state index contributed by atoms with van der Waals surface area (Å²) in [6, 6.07) is 10.1. The number of sulfonamides is 1. The zero-order chi connectivity index (χ0) is 23.0. The molecule has 1 aliphatic heterocycles. The summed E-state index contributed by atoms with van der Waals surface area (Å²) in [7, 11) is -2.56. The van der Waals surface area contributed by atoms with Gasteiger partial charge in [-0.15, -0.1) is 0 Å². The number of nitrogens with zero attached hydrogens (tertiary/aromatic N) is 1. The minimum atomic E-state index is -3.96. The van der Waals surface area contributed by atoms with Crippen LogP contribution in [-0.2, 0) is 26.2 Å². The molecule has 1 aliphatic carbocycles. The molecule has 1 saturated heterocycles. The van der Waals surface area contributed by atoms with Gasteiger partial charge in [0.05, 0.1) is 31.2 Å². The van der Waals surface area contributed by atoms with Crippen LogP contribution in [0.25, 0.3) is 0 Å². The van der Waals surface area contributed by atoms with Crippen LogP contribution in [0.5, 0.6) is 5.75 Å². The van der Waals surface area contributed by atoms with Gasteiger partial charge in [-0.25, -0.2) is 8.42 Å². The smallest absolute Gasteiger partial charge is 0.265 e. The van der Waals surface area contributed by atoms with E-state index in [1.54, 1.807) is 24.3 Å². The molecule has 1 N–H and O–H groups in total. The molecule has 2 unspecified atom stereocenters. The van der Waals surface area contributed by atoms with E-state index < -0.39 is 10.0 Å². The molecule has 7 nitrogen and oxygen atoms in total. The number of methoxy groups -OCH3 is 1. The molecule has 8 heteroatoms. The Labute approximate surface area is 188 Å². The lowest BCUT2D eigenvalue weighted by Crippen LogP contribution is -2.30. The number of fused-ring (bicyclic) bond motifs is 1. The van der Waals surface area contributed by atoms with Crippen LogP contribution < -0.4 is 9.46 Å². The number of anilines is 1. The van der Waals surface area contributed by atoms with E-state index in [4.69, 9.17) is 4.74 Å². The number of carbonyl (C=O) groups is 2. The molecule has 0 radical (unpaired) electrons. The molecular formula is C24H28N2O5S. The van der Waals surface area contributed by atoms with Crippen LogP contribution in [0, 0.1) is 25.7 Å². The predicted molar refractivity (Wildman–Crippen MR) is 121 cm³/mol. The third-order valence-corrected chi connectivity index (χ3v) is 8.03. The Morgan fingerprint density at radius 1 is 1.03 bits per heavy atom. The third-order valence-electron chi connectivity index (χ3n) is 6.64. The van der Waals surface area contributed by atoms with E-state index in [0.29, 0.717) is 11.3 Å². The van der Waals surface area contributed by atoms with Gasteiger partial charge in [0, 0.05) is 0 Å². The Kier molecular flexibility index (Phi) is 5.99. The van der Waals surface area contributed by atoms with Gasteiger partial charge in [0.1, 0.15) is 10.6 Å².